The molecule has 0 amide bonds. The van der Waals surface area contributed by atoms with Gasteiger partial charge in [-0.3, -0.25) is 0 Å². The summed E-state index contributed by atoms with van der Waals surface area (Å²) in [5.41, 5.74) is 1.72. The molecule has 2 rings (SSSR count). The molecule has 2 heteroatoms. The minimum absolute atomic E-state index is 0.320. The predicted octanol–water partition coefficient (Wildman–Crippen LogP) is 3.62. The third-order valence-electron chi connectivity index (χ3n) is 4.06. The highest BCUT2D eigenvalue weighted by Crippen LogP contribution is 2.48. The van der Waals surface area contributed by atoms with Crippen molar-refractivity contribution in [2.24, 2.45) is 5.92 Å². The van der Waals surface area contributed by atoms with Crippen LogP contribution in [0.15, 0.2) is 24.3 Å². The standard InChI is InChI=1S/C14H20ClN/c1-3-16-10-14(8-7-11(14)2)12-5-4-6-13(15)9-12/h4-6,9,11,16H,3,7-8,10H2,1-2H3. The molecule has 1 nitrogen and oxygen atoms in total. The van der Waals surface area contributed by atoms with E-state index in [4.69, 9.17) is 11.6 Å². The average molecular weight is 238 g/mol. The van der Waals surface area contributed by atoms with Gasteiger partial charge in [0.2, 0.25) is 0 Å². The molecule has 0 spiro atoms. The Morgan fingerprint density at radius 3 is 2.81 bits per heavy atom. The first kappa shape index (κ1) is 11.9. The van der Waals surface area contributed by atoms with E-state index in [-0.39, 0.29) is 0 Å². The van der Waals surface area contributed by atoms with Crippen molar-refractivity contribution in [2.45, 2.75) is 32.1 Å². The van der Waals surface area contributed by atoms with Gasteiger partial charge < -0.3 is 5.32 Å². The minimum atomic E-state index is 0.320. The summed E-state index contributed by atoms with van der Waals surface area (Å²) in [4.78, 5) is 0. The quantitative estimate of drug-likeness (QED) is 0.844. The van der Waals surface area contributed by atoms with Gasteiger partial charge >= 0.3 is 0 Å². The van der Waals surface area contributed by atoms with Gasteiger partial charge in [0.1, 0.15) is 0 Å². The molecule has 0 saturated heterocycles. The Bertz CT molecular complexity index is 364. The molecule has 1 saturated carbocycles. The van der Waals surface area contributed by atoms with E-state index < -0.39 is 0 Å². The molecule has 0 heterocycles. The molecule has 1 N–H and O–H groups in total. The smallest absolute Gasteiger partial charge is 0.0408 e. The lowest BCUT2D eigenvalue weighted by Crippen LogP contribution is -2.50. The third kappa shape index (κ3) is 1.99. The number of nitrogens with one attached hydrogen (secondary N) is 1. The van der Waals surface area contributed by atoms with E-state index in [1.807, 2.05) is 6.07 Å². The molecule has 1 aromatic rings. The molecule has 0 bridgehead atoms. The van der Waals surface area contributed by atoms with Crippen LogP contribution in [-0.2, 0) is 5.41 Å². The Morgan fingerprint density at radius 1 is 1.50 bits per heavy atom. The monoisotopic (exact) mass is 237 g/mol. The van der Waals surface area contributed by atoms with Crippen molar-refractivity contribution >= 4 is 11.6 Å². The van der Waals surface area contributed by atoms with Crippen molar-refractivity contribution in [3.05, 3.63) is 34.9 Å². The SMILES string of the molecule is CCNCC1(c2cccc(Cl)c2)CCC1C. The number of benzene rings is 1. The van der Waals surface area contributed by atoms with Gasteiger partial charge in [0.05, 0.1) is 0 Å². The summed E-state index contributed by atoms with van der Waals surface area (Å²) >= 11 is 6.09. The Morgan fingerprint density at radius 2 is 2.31 bits per heavy atom. The Balaban J connectivity index is 2.25. The summed E-state index contributed by atoms with van der Waals surface area (Å²) in [5, 5.41) is 4.35. The van der Waals surface area contributed by atoms with Crippen LogP contribution >= 0.6 is 11.6 Å². The molecule has 88 valence electrons. The molecule has 16 heavy (non-hydrogen) atoms. The molecular formula is C14H20ClN. The van der Waals surface area contributed by atoms with Crippen molar-refractivity contribution in [3.63, 3.8) is 0 Å². The maximum Gasteiger partial charge on any atom is 0.0408 e. The van der Waals surface area contributed by atoms with E-state index in [0.717, 1.165) is 24.0 Å². The largest absolute Gasteiger partial charge is 0.316 e. The summed E-state index contributed by atoms with van der Waals surface area (Å²) in [6.07, 6.45) is 2.61. The van der Waals surface area contributed by atoms with Crippen molar-refractivity contribution in [3.8, 4) is 0 Å². The highest BCUT2D eigenvalue weighted by atomic mass is 35.5. The van der Waals surface area contributed by atoms with Gasteiger partial charge in [-0.15, -0.1) is 0 Å². The second-order valence-corrected chi connectivity index (χ2v) is 5.32. The van der Waals surface area contributed by atoms with Gasteiger partial charge in [0.15, 0.2) is 0 Å². The Hall–Kier alpha value is -0.530. The van der Waals surface area contributed by atoms with Crippen molar-refractivity contribution in [2.75, 3.05) is 13.1 Å². The fraction of sp³-hybridized carbons (Fsp3) is 0.571. The van der Waals surface area contributed by atoms with E-state index >= 15 is 0 Å². The van der Waals surface area contributed by atoms with E-state index in [1.165, 1.54) is 18.4 Å². The molecular weight excluding hydrogens is 218 g/mol. The first-order chi connectivity index (χ1) is 7.69. The number of rotatable bonds is 4. The summed E-state index contributed by atoms with van der Waals surface area (Å²) in [6, 6.07) is 8.37. The number of halogens is 1. The second-order valence-electron chi connectivity index (χ2n) is 4.89. The first-order valence-electron chi connectivity index (χ1n) is 6.16. The highest BCUT2D eigenvalue weighted by Gasteiger charge is 2.44. The highest BCUT2D eigenvalue weighted by molar-refractivity contribution is 6.30. The first-order valence-corrected chi connectivity index (χ1v) is 6.53. The van der Waals surface area contributed by atoms with Crippen LogP contribution in [-0.4, -0.2) is 13.1 Å². The van der Waals surface area contributed by atoms with Crippen LogP contribution in [0.3, 0.4) is 0 Å². The minimum Gasteiger partial charge on any atom is -0.316 e. The Labute approximate surface area is 103 Å². The molecule has 0 aliphatic heterocycles. The van der Waals surface area contributed by atoms with Crippen LogP contribution < -0.4 is 5.32 Å². The molecule has 1 aliphatic rings. The normalized spacial score (nSPS) is 28.8. The molecule has 0 radical (unpaired) electrons. The van der Waals surface area contributed by atoms with Crippen LogP contribution in [0.1, 0.15) is 32.3 Å². The Kier molecular flexibility index (Phi) is 3.56. The van der Waals surface area contributed by atoms with Crippen LogP contribution in [0.4, 0.5) is 0 Å². The zero-order valence-corrected chi connectivity index (χ0v) is 10.8. The summed E-state index contributed by atoms with van der Waals surface area (Å²) in [6.45, 7) is 6.62. The number of hydrogen-bond acceptors (Lipinski definition) is 1. The maximum atomic E-state index is 6.09. The fourth-order valence-electron chi connectivity index (χ4n) is 2.72. The van der Waals surface area contributed by atoms with Crippen LogP contribution in [0.5, 0.6) is 0 Å². The van der Waals surface area contributed by atoms with Crippen LogP contribution in [0.2, 0.25) is 5.02 Å². The average Bonchev–Trinajstić information content (AvgIpc) is 2.28. The molecule has 2 atom stereocenters. The zero-order chi connectivity index (χ0) is 11.6. The van der Waals surface area contributed by atoms with Gasteiger partial charge in [-0.1, -0.05) is 37.6 Å². The molecule has 0 aromatic heterocycles. The van der Waals surface area contributed by atoms with Crippen molar-refractivity contribution in [1.29, 1.82) is 0 Å². The zero-order valence-electron chi connectivity index (χ0n) is 10.1. The van der Waals surface area contributed by atoms with Gasteiger partial charge in [0, 0.05) is 17.0 Å². The topological polar surface area (TPSA) is 12.0 Å². The summed E-state index contributed by atoms with van der Waals surface area (Å²) in [7, 11) is 0. The lowest BCUT2D eigenvalue weighted by atomic mass is 9.57. The number of likely N-dealkylation sites (N-methyl/N-ethyl adjacent to an activating group) is 1. The van der Waals surface area contributed by atoms with E-state index in [9.17, 15) is 0 Å². The van der Waals surface area contributed by atoms with Gasteiger partial charge in [-0.05, 0) is 43.0 Å². The molecule has 1 aliphatic carbocycles. The third-order valence-corrected chi connectivity index (χ3v) is 4.29. The van der Waals surface area contributed by atoms with E-state index in [2.05, 4.69) is 37.4 Å². The lowest BCUT2D eigenvalue weighted by Gasteiger charge is -2.49. The van der Waals surface area contributed by atoms with Gasteiger partial charge in [-0.2, -0.15) is 0 Å². The van der Waals surface area contributed by atoms with Crippen LogP contribution in [0, 0.1) is 5.92 Å². The number of hydrogen-bond donors (Lipinski definition) is 1. The maximum absolute atomic E-state index is 6.09. The molecule has 1 fully saturated rings. The summed E-state index contributed by atoms with van der Waals surface area (Å²) < 4.78 is 0. The van der Waals surface area contributed by atoms with Crippen LogP contribution in [0.25, 0.3) is 0 Å². The van der Waals surface area contributed by atoms with Gasteiger partial charge in [0.25, 0.3) is 0 Å². The van der Waals surface area contributed by atoms with E-state index in [1.54, 1.807) is 0 Å². The fourth-order valence-corrected chi connectivity index (χ4v) is 2.91. The van der Waals surface area contributed by atoms with Crippen molar-refractivity contribution < 1.29 is 0 Å². The van der Waals surface area contributed by atoms with Gasteiger partial charge in [-0.25, -0.2) is 0 Å². The second kappa shape index (κ2) is 4.77. The predicted molar refractivity (Wildman–Crippen MR) is 70.1 cm³/mol. The lowest BCUT2D eigenvalue weighted by molar-refractivity contribution is 0.135. The molecule has 2 unspecified atom stereocenters. The van der Waals surface area contributed by atoms with E-state index in [0.29, 0.717) is 5.41 Å². The summed E-state index contributed by atoms with van der Waals surface area (Å²) in [5.74, 6) is 0.755. The van der Waals surface area contributed by atoms with Crippen molar-refractivity contribution in [1.82, 2.24) is 5.32 Å². The molecule has 1 aromatic carbocycles.